The number of thiophene rings is 1. The fraction of sp³-hybridized carbons (Fsp3) is 0.464. The lowest BCUT2D eigenvalue weighted by Gasteiger charge is -2.08. The van der Waals surface area contributed by atoms with Gasteiger partial charge in [-0.15, -0.1) is 11.3 Å². The van der Waals surface area contributed by atoms with E-state index in [1.807, 2.05) is 6.92 Å². The van der Waals surface area contributed by atoms with Gasteiger partial charge >= 0.3 is 11.9 Å². The number of thiazole rings is 1. The first-order valence-corrected chi connectivity index (χ1v) is 17.2. The molecule has 0 bridgehead atoms. The van der Waals surface area contributed by atoms with Gasteiger partial charge in [0.25, 0.3) is 5.91 Å². The lowest BCUT2D eigenvalue weighted by Crippen LogP contribution is -2.29. The molecule has 4 rings (SSSR count). The Morgan fingerprint density at radius 2 is 1.79 bits per heavy atom. The molecule has 1 aliphatic rings. The highest BCUT2D eigenvalue weighted by molar-refractivity contribution is 7.92. The zero-order valence-corrected chi connectivity index (χ0v) is 26.5. The molecule has 0 aliphatic heterocycles. The van der Waals surface area contributed by atoms with Gasteiger partial charge in [0.15, 0.2) is 14.6 Å². The third-order valence-corrected chi connectivity index (χ3v) is 10.2. The largest absolute Gasteiger partial charge is 0.494 e. The first-order chi connectivity index (χ1) is 20.5. The summed E-state index contributed by atoms with van der Waals surface area (Å²) in [4.78, 5) is 55.5. The minimum atomic E-state index is -4.24. The van der Waals surface area contributed by atoms with E-state index in [0.717, 1.165) is 47.5 Å². The molecule has 232 valence electrons. The molecular weight excluding hydrogens is 619 g/mol. The van der Waals surface area contributed by atoms with Gasteiger partial charge in [0, 0.05) is 4.88 Å². The van der Waals surface area contributed by atoms with Crippen LogP contribution in [0.15, 0.2) is 23.2 Å². The Balaban J connectivity index is 1.54. The van der Waals surface area contributed by atoms with E-state index in [0.29, 0.717) is 29.0 Å². The second kappa shape index (κ2) is 14.3. The second-order valence-corrected chi connectivity index (χ2v) is 13.9. The summed E-state index contributed by atoms with van der Waals surface area (Å²) in [5.41, 5.74) is 1.69. The summed E-state index contributed by atoms with van der Waals surface area (Å²) in [6.45, 7) is 3.87. The summed E-state index contributed by atoms with van der Waals surface area (Å²) in [6, 6.07) is 5.15. The van der Waals surface area contributed by atoms with Gasteiger partial charge in [0.2, 0.25) is 5.91 Å². The van der Waals surface area contributed by atoms with Crippen molar-refractivity contribution in [3.63, 3.8) is 0 Å². The molecule has 1 aromatic carbocycles. The predicted molar refractivity (Wildman–Crippen MR) is 162 cm³/mol. The number of fused-ring (bicyclic) bond motifs is 2. The summed E-state index contributed by atoms with van der Waals surface area (Å²) in [5.74, 6) is -4.44. The molecule has 0 radical (unpaired) electrons. The number of aromatic nitrogens is 1. The maximum absolute atomic E-state index is 12.9. The van der Waals surface area contributed by atoms with E-state index < -0.39 is 45.1 Å². The van der Waals surface area contributed by atoms with E-state index in [2.05, 4.69) is 10.3 Å². The number of rotatable bonds is 11. The SMILES string of the molecule is CCOC(=O)c1c(NC(=O)CS(=O)(=O)CC(=O)N=c2sc3cc(OCC)ccc3n2CC(=O)OC)sc2c1CCCCC2. The Morgan fingerprint density at radius 1 is 1.02 bits per heavy atom. The van der Waals surface area contributed by atoms with Crippen LogP contribution in [0, 0.1) is 0 Å². The summed E-state index contributed by atoms with van der Waals surface area (Å²) in [7, 11) is -3.01. The maximum Gasteiger partial charge on any atom is 0.341 e. The van der Waals surface area contributed by atoms with Crippen molar-refractivity contribution >= 4 is 71.5 Å². The van der Waals surface area contributed by atoms with E-state index >= 15 is 0 Å². The van der Waals surface area contributed by atoms with Crippen LogP contribution in [0.5, 0.6) is 5.75 Å². The second-order valence-electron chi connectivity index (χ2n) is 9.68. The molecule has 43 heavy (non-hydrogen) atoms. The quantitative estimate of drug-likeness (QED) is 0.243. The molecule has 1 aliphatic carbocycles. The number of nitrogens with zero attached hydrogens (tertiary/aromatic N) is 2. The fourth-order valence-electron chi connectivity index (χ4n) is 4.73. The van der Waals surface area contributed by atoms with Crippen LogP contribution in [0.1, 0.15) is 53.9 Å². The van der Waals surface area contributed by atoms with Gasteiger partial charge < -0.3 is 24.1 Å². The van der Waals surface area contributed by atoms with Crippen LogP contribution in [0.3, 0.4) is 0 Å². The number of aryl methyl sites for hydroxylation is 1. The minimum absolute atomic E-state index is 0.0952. The number of sulfone groups is 1. The van der Waals surface area contributed by atoms with Gasteiger partial charge in [-0.25, -0.2) is 13.2 Å². The van der Waals surface area contributed by atoms with Crippen molar-refractivity contribution in [3.05, 3.63) is 39.0 Å². The number of amides is 2. The molecule has 2 aromatic heterocycles. The highest BCUT2D eigenvalue weighted by Gasteiger charge is 2.28. The molecule has 2 heterocycles. The van der Waals surface area contributed by atoms with Crippen molar-refractivity contribution in [2.45, 2.75) is 52.5 Å². The Bertz CT molecular complexity index is 1720. The van der Waals surface area contributed by atoms with Gasteiger partial charge in [-0.1, -0.05) is 17.8 Å². The Hall–Kier alpha value is -3.56. The number of ether oxygens (including phenoxy) is 3. The van der Waals surface area contributed by atoms with Gasteiger partial charge in [-0.05, 0) is 63.3 Å². The van der Waals surface area contributed by atoms with Crippen LogP contribution in [0.4, 0.5) is 5.00 Å². The normalized spacial score (nSPS) is 13.7. The Kier molecular flexibility index (Phi) is 10.7. The summed E-state index contributed by atoms with van der Waals surface area (Å²) >= 11 is 2.33. The van der Waals surface area contributed by atoms with Gasteiger partial charge in [0.1, 0.15) is 28.8 Å². The molecule has 3 aromatic rings. The molecule has 0 atom stereocenters. The maximum atomic E-state index is 12.9. The molecule has 2 amide bonds. The lowest BCUT2D eigenvalue weighted by atomic mass is 10.1. The summed E-state index contributed by atoms with van der Waals surface area (Å²) in [5, 5.41) is 2.82. The zero-order valence-electron chi connectivity index (χ0n) is 24.1. The Morgan fingerprint density at radius 3 is 2.51 bits per heavy atom. The Labute approximate surface area is 256 Å². The molecule has 0 spiro atoms. The van der Waals surface area contributed by atoms with Crippen molar-refractivity contribution in [2.24, 2.45) is 4.99 Å². The van der Waals surface area contributed by atoms with E-state index in [1.54, 1.807) is 25.1 Å². The predicted octanol–water partition coefficient (Wildman–Crippen LogP) is 3.26. The first kappa shape index (κ1) is 32.4. The van der Waals surface area contributed by atoms with Gasteiger partial charge in [0.05, 0.1) is 36.1 Å². The van der Waals surface area contributed by atoms with Gasteiger partial charge in [-0.2, -0.15) is 4.99 Å². The van der Waals surface area contributed by atoms with Crippen LogP contribution in [0.25, 0.3) is 10.2 Å². The number of hydrogen-bond acceptors (Lipinski definition) is 11. The third-order valence-electron chi connectivity index (χ3n) is 6.55. The average Bonchev–Trinajstić information content (AvgIpc) is 3.34. The van der Waals surface area contributed by atoms with Crippen LogP contribution >= 0.6 is 22.7 Å². The van der Waals surface area contributed by atoms with Crippen LogP contribution < -0.4 is 14.9 Å². The number of hydrogen-bond donors (Lipinski definition) is 1. The molecule has 0 saturated heterocycles. The van der Waals surface area contributed by atoms with Gasteiger partial charge in [-0.3, -0.25) is 14.4 Å². The average molecular weight is 652 g/mol. The number of methoxy groups -OCH3 is 1. The summed E-state index contributed by atoms with van der Waals surface area (Å²) in [6.07, 6.45) is 4.32. The standard InChI is InChI=1S/C28H33N3O9S3/c1-4-39-17-11-12-19-21(13-17)42-28(31(19)14-24(34)38-3)30-23(33)16-43(36,37)15-22(32)29-26-25(27(35)40-5-2)18-9-7-6-8-10-20(18)41-26/h11-13H,4-10,14-16H2,1-3H3,(H,29,32). The number of esters is 2. The van der Waals surface area contributed by atoms with Crippen molar-refractivity contribution in [1.82, 2.24) is 4.57 Å². The topological polar surface area (TPSA) is 159 Å². The van der Waals surface area contributed by atoms with E-state index in [1.165, 1.54) is 23.0 Å². The highest BCUT2D eigenvalue weighted by Crippen LogP contribution is 2.38. The van der Waals surface area contributed by atoms with E-state index in [9.17, 15) is 27.6 Å². The smallest absolute Gasteiger partial charge is 0.341 e. The molecular formula is C28H33N3O9S3. The first-order valence-electron chi connectivity index (χ1n) is 13.8. The summed E-state index contributed by atoms with van der Waals surface area (Å²) < 4.78 is 43.3. The van der Waals surface area contributed by atoms with Crippen molar-refractivity contribution < 1.29 is 41.8 Å². The zero-order chi connectivity index (χ0) is 31.1. The molecule has 15 heteroatoms. The monoisotopic (exact) mass is 651 g/mol. The third kappa shape index (κ3) is 8.09. The highest BCUT2D eigenvalue weighted by atomic mass is 32.2. The minimum Gasteiger partial charge on any atom is -0.494 e. The number of carbonyl (C=O) groups is 4. The van der Waals surface area contributed by atoms with Crippen LogP contribution in [-0.4, -0.2) is 68.6 Å². The molecule has 1 N–H and O–H groups in total. The lowest BCUT2D eigenvalue weighted by molar-refractivity contribution is -0.141. The number of nitrogens with one attached hydrogen (secondary N) is 1. The van der Waals surface area contributed by atoms with Crippen molar-refractivity contribution in [1.29, 1.82) is 0 Å². The van der Waals surface area contributed by atoms with Crippen molar-refractivity contribution in [2.75, 3.05) is 37.1 Å². The molecule has 0 fully saturated rings. The van der Waals surface area contributed by atoms with E-state index in [4.69, 9.17) is 14.2 Å². The molecule has 0 saturated carbocycles. The van der Waals surface area contributed by atoms with E-state index in [-0.39, 0.29) is 28.5 Å². The van der Waals surface area contributed by atoms with Crippen LogP contribution in [0.2, 0.25) is 0 Å². The van der Waals surface area contributed by atoms with Crippen LogP contribution in [-0.2, 0) is 53.1 Å². The number of anilines is 1. The number of carbonyl (C=O) groups excluding carboxylic acids is 4. The molecule has 12 nitrogen and oxygen atoms in total. The number of benzene rings is 1. The van der Waals surface area contributed by atoms with Crippen molar-refractivity contribution in [3.8, 4) is 5.75 Å². The molecule has 0 unspecified atom stereocenters. The fourth-order valence-corrected chi connectivity index (χ4v) is 8.12.